The first kappa shape index (κ1) is 10.7. The molecule has 0 bridgehead atoms. The van der Waals surface area contributed by atoms with Crippen molar-refractivity contribution in [1.29, 1.82) is 0 Å². The average Bonchev–Trinajstić information content (AvgIpc) is 3.08. The molecule has 1 aliphatic rings. The summed E-state index contributed by atoms with van der Waals surface area (Å²) in [6, 6.07) is 0.240. The van der Waals surface area contributed by atoms with E-state index in [1.54, 1.807) is 11.9 Å². The predicted molar refractivity (Wildman–Crippen MR) is 57.4 cm³/mol. The van der Waals surface area contributed by atoms with Gasteiger partial charge in [-0.2, -0.15) is 0 Å². The quantitative estimate of drug-likeness (QED) is 0.721. The van der Waals surface area contributed by atoms with E-state index >= 15 is 0 Å². The highest BCUT2D eigenvalue weighted by Crippen LogP contribution is 2.25. The van der Waals surface area contributed by atoms with E-state index in [4.69, 9.17) is 0 Å². The summed E-state index contributed by atoms with van der Waals surface area (Å²) in [4.78, 5) is 38.6. The maximum Gasteiger partial charge on any atom is 0.328 e. The molecule has 86 valence electrons. The van der Waals surface area contributed by atoms with E-state index in [1.807, 2.05) is 0 Å². The zero-order valence-electron chi connectivity index (χ0n) is 9.19. The van der Waals surface area contributed by atoms with Gasteiger partial charge in [0.05, 0.1) is 0 Å². The molecule has 2 rings (SSSR count). The third-order valence-electron chi connectivity index (χ3n) is 2.83. The van der Waals surface area contributed by atoms with Crippen LogP contribution in [0.1, 0.15) is 23.2 Å². The minimum Gasteiger partial charge on any atom is -0.339 e. The number of amides is 1. The minimum absolute atomic E-state index is 0.0106. The Morgan fingerprint density at radius 3 is 2.69 bits per heavy atom. The van der Waals surface area contributed by atoms with Gasteiger partial charge in [-0.3, -0.25) is 14.2 Å². The molecule has 1 N–H and O–H groups in total. The summed E-state index contributed by atoms with van der Waals surface area (Å²) in [6.45, 7) is 0. The van der Waals surface area contributed by atoms with Crippen molar-refractivity contribution in [3.8, 4) is 0 Å². The van der Waals surface area contributed by atoms with Gasteiger partial charge < -0.3 is 9.88 Å². The first-order valence-electron chi connectivity index (χ1n) is 5.08. The average molecular weight is 223 g/mol. The normalized spacial score (nSPS) is 14.9. The van der Waals surface area contributed by atoms with E-state index in [2.05, 4.69) is 4.98 Å². The fraction of sp³-hybridized carbons (Fsp3) is 0.500. The molecule has 0 spiro atoms. The van der Waals surface area contributed by atoms with Crippen molar-refractivity contribution in [1.82, 2.24) is 14.5 Å². The van der Waals surface area contributed by atoms with Crippen LogP contribution in [0, 0.1) is 0 Å². The molecule has 1 aromatic rings. The molecule has 1 amide bonds. The van der Waals surface area contributed by atoms with Crippen LogP contribution in [0.4, 0.5) is 0 Å². The summed E-state index contributed by atoms with van der Waals surface area (Å²) < 4.78 is 0.897. The number of H-pyrrole nitrogens is 1. The lowest BCUT2D eigenvalue weighted by atomic mass is 10.3. The van der Waals surface area contributed by atoms with Crippen LogP contribution in [0.3, 0.4) is 0 Å². The third-order valence-corrected chi connectivity index (χ3v) is 2.83. The number of nitrogens with one attached hydrogen (secondary N) is 1. The second-order valence-corrected chi connectivity index (χ2v) is 4.02. The number of nitrogens with zero attached hydrogens (tertiary/aromatic N) is 2. The second-order valence-electron chi connectivity index (χ2n) is 4.02. The molecule has 16 heavy (non-hydrogen) atoms. The van der Waals surface area contributed by atoms with E-state index in [-0.39, 0.29) is 17.5 Å². The van der Waals surface area contributed by atoms with Crippen LogP contribution in [0.15, 0.2) is 15.8 Å². The number of aromatic nitrogens is 2. The van der Waals surface area contributed by atoms with Gasteiger partial charge in [-0.25, -0.2) is 4.79 Å². The van der Waals surface area contributed by atoms with Gasteiger partial charge in [0.15, 0.2) is 0 Å². The van der Waals surface area contributed by atoms with Crippen molar-refractivity contribution in [2.45, 2.75) is 18.9 Å². The highest BCUT2D eigenvalue weighted by Gasteiger charge is 2.31. The minimum atomic E-state index is -0.554. The molecule has 0 unspecified atom stereocenters. The van der Waals surface area contributed by atoms with Crippen molar-refractivity contribution in [3.63, 3.8) is 0 Å². The smallest absolute Gasteiger partial charge is 0.328 e. The third kappa shape index (κ3) is 1.66. The van der Waals surface area contributed by atoms with Gasteiger partial charge in [-0.15, -0.1) is 0 Å². The molecule has 1 heterocycles. The highest BCUT2D eigenvalue weighted by molar-refractivity contribution is 5.93. The van der Waals surface area contributed by atoms with E-state index in [0.717, 1.165) is 17.4 Å². The predicted octanol–water partition coefficient (Wildman–Crippen LogP) is -0.692. The van der Waals surface area contributed by atoms with Crippen molar-refractivity contribution < 1.29 is 4.79 Å². The Balaban J connectivity index is 2.41. The van der Waals surface area contributed by atoms with E-state index in [0.29, 0.717) is 0 Å². The van der Waals surface area contributed by atoms with Crippen molar-refractivity contribution in [3.05, 3.63) is 32.6 Å². The number of carbonyl (C=O) groups excluding carboxylic acids is 1. The molecule has 1 aromatic heterocycles. The van der Waals surface area contributed by atoms with Gasteiger partial charge in [-0.1, -0.05) is 0 Å². The van der Waals surface area contributed by atoms with Crippen LogP contribution in [0.25, 0.3) is 0 Å². The Bertz CT molecular complexity index is 539. The molecular weight excluding hydrogens is 210 g/mol. The fourth-order valence-electron chi connectivity index (χ4n) is 1.54. The summed E-state index contributed by atoms with van der Waals surface area (Å²) in [6.07, 6.45) is 3.14. The van der Waals surface area contributed by atoms with Crippen LogP contribution in [0.5, 0.6) is 0 Å². The molecule has 6 nitrogen and oxygen atoms in total. The van der Waals surface area contributed by atoms with Crippen molar-refractivity contribution in [2.75, 3.05) is 7.05 Å². The first-order valence-corrected chi connectivity index (χ1v) is 5.08. The fourth-order valence-corrected chi connectivity index (χ4v) is 1.54. The lowest BCUT2D eigenvalue weighted by Crippen LogP contribution is -2.40. The largest absolute Gasteiger partial charge is 0.339 e. The number of hydrogen-bond acceptors (Lipinski definition) is 3. The SMILES string of the molecule is CN(C(=O)c1c[nH]c(=O)n(C)c1=O)C1CC1. The lowest BCUT2D eigenvalue weighted by molar-refractivity contribution is 0.0782. The molecule has 0 aromatic carbocycles. The molecule has 0 atom stereocenters. The number of hydrogen-bond donors (Lipinski definition) is 1. The Morgan fingerprint density at radius 2 is 2.12 bits per heavy atom. The number of aromatic amines is 1. The van der Waals surface area contributed by atoms with Crippen LogP contribution in [0.2, 0.25) is 0 Å². The zero-order chi connectivity index (χ0) is 11.9. The summed E-state index contributed by atoms with van der Waals surface area (Å²) >= 11 is 0. The van der Waals surface area contributed by atoms with Gasteiger partial charge in [0.2, 0.25) is 0 Å². The van der Waals surface area contributed by atoms with Gasteiger partial charge in [0.25, 0.3) is 11.5 Å². The zero-order valence-corrected chi connectivity index (χ0v) is 9.19. The van der Waals surface area contributed by atoms with E-state index in [1.165, 1.54) is 13.2 Å². The van der Waals surface area contributed by atoms with Gasteiger partial charge in [0.1, 0.15) is 5.56 Å². The Morgan fingerprint density at radius 1 is 1.50 bits per heavy atom. The Hall–Kier alpha value is -1.85. The van der Waals surface area contributed by atoms with E-state index < -0.39 is 11.2 Å². The van der Waals surface area contributed by atoms with Crippen LogP contribution < -0.4 is 11.2 Å². The maximum absolute atomic E-state index is 11.9. The molecule has 0 saturated heterocycles. The Kier molecular flexibility index (Phi) is 2.41. The molecule has 0 aliphatic heterocycles. The van der Waals surface area contributed by atoms with Crippen LogP contribution in [-0.4, -0.2) is 33.4 Å². The lowest BCUT2D eigenvalue weighted by Gasteiger charge is -2.15. The Labute approximate surface area is 91.5 Å². The maximum atomic E-state index is 11.9. The summed E-state index contributed by atoms with van der Waals surface area (Å²) in [5, 5.41) is 0. The number of carbonyl (C=O) groups is 1. The topological polar surface area (TPSA) is 75.2 Å². The summed E-state index contributed by atoms with van der Waals surface area (Å²) in [5.74, 6) is -0.334. The second kappa shape index (κ2) is 3.62. The van der Waals surface area contributed by atoms with E-state index in [9.17, 15) is 14.4 Å². The first-order chi connectivity index (χ1) is 7.52. The molecule has 1 saturated carbocycles. The van der Waals surface area contributed by atoms with Crippen molar-refractivity contribution >= 4 is 5.91 Å². The van der Waals surface area contributed by atoms with Crippen LogP contribution in [-0.2, 0) is 7.05 Å². The summed E-state index contributed by atoms with van der Waals surface area (Å²) in [7, 11) is 3.01. The molecule has 6 heteroatoms. The van der Waals surface area contributed by atoms with Crippen molar-refractivity contribution in [2.24, 2.45) is 7.05 Å². The molecule has 1 fully saturated rings. The number of rotatable bonds is 2. The summed E-state index contributed by atoms with van der Waals surface area (Å²) in [5.41, 5.74) is -1.06. The molecular formula is C10H13N3O3. The van der Waals surface area contributed by atoms with Gasteiger partial charge in [-0.05, 0) is 12.8 Å². The van der Waals surface area contributed by atoms with Gasteiger partial charge >= 0.3 is 5.69 Å². The standard InChI is InChI=1S/C10H13N3O3/c1-12(6-3-4-6)8(14)7-5-11-10(16)13(2)9(7)15/h5-6H,3-4H2,1-2H3,(H,11,16). The van der Waals surface area contributed by atoms with Gasteiger partial charge in [0, 0.05) is 26.3 Å². The van der Waals surface area contributed by atoms with Crippen LogP contribution >= 0.6 is 0 Å². The molecule has 0 radical (unpaired) electrons. The monoisotopic (exact) mass is 223 g/mol. The highest BCUT2D eigenvalue weighted by atomic mass is 16.2. The molecule has 1 aliphatic carbocycles.